The Hall–Kier alpha value is -2.71. The predicted octanol–water partition coefficient (Wildman–Crippen LogP) is 1.45. The Labute approximate surface area is 140 Å². The zero-order valence-electron chi connectivity index (χ0n) is 13.1. The van der Waals surface area contributed by atoms with Crippen molar-refractivity contribution in [3.63, 3.8) is 0 Å². The van der Waals surface area contributed by atoms with Crippen molar-refractivity contribution < 1.29 is 18.3 Å². The highest BCUT2D eigenvalue weighted by Gasteiger charge is 2.11. The number of nitrogens with zero attached hydrogens (tertiary/aromatic N) is 1. The standard InChI is InChI=1S/C16H17N3O4S/c1-11(12-5-9-15(10-6-12)24(22,23)17-2)18-19-16(21)13-3-7-14(20)8-4-13/h3-10,17,20H,1-2H3,(H,19,21)/b18-11-. The van der Waals surface area contributed by atoms with Gasteiger partial charge in [0.2, 0.25) is 10.0 Å². The minimum absolute atomic E-state index is 0.0721. The van der Waals surface area contributed by atoms with Crippen molar-refractivity contribution >= 4 is 21.6 Å². The summed E-state index contributed by atoms with van der Waals surface area (Å²) in [6.07, 6.45) is 0. The Morgan fingerprint density at radius 3 is 2.08 bits per heavy atom. The number of amides is 1. The third kappa shape index (κ3) is 4.18. The second kappa shape index (κ2) is 7.24. The summed E-state index contributed by atoms with van der Waals surface area (Å²) in [7, 11) is -2.14. The van der Waals surface area contributed by atoms with E-state index in [1.54, 1.807) is 19.1 Å². The van der Waals surface area contributed by atoms with Gasteiger partial charge < -0.3 is 5.11 Å². The Kier molecular flexibility index (Phi) is 5.32. The van der Waals surface area contributed by atoms with Gasteiger partial charge in [-0.15, -0.1) is 0 Å². The van der Waals surface area contributed by atoms with Crippen LogP contribution in [0, 0.1) is 0 Å². The first-order valence-electron chi connectivity index (χ1n) is 7.01. The number of phenolic OH excluding ortho intramolecular Hbond substituents is 1. The lowest BCUT2D eigenvalue weighted by molar-refractivity contribution is 0.0955. The molecule has 0 unspecified atom stereocenters. The van der Waals surface area contributed by atoms with Gasteiger partial charge in [0.05, 0.1) is 10.6 Å². The Bertz CT molecular complexity index is 857. The molecule has 7 nitrogen and oxygen atoms in total. The summed E-state index contributed by atoms with van der Waals surface area (Å²) in [5.41, 5.74) is 3.97. The zero-order valence-corrected chi connectivity index (χ0v) is 14.0. The van der Waals surface area contributed by atoms with Crippen molar-refractivity contribution in [1.82, 2.24) is 10.1 Å². The van der Waals surface area contributed by atoms with Crippen molar-refractivity contribution in [2.24, 2.45) is 5.10 Å². The van der Waals surface area contributed by atoms with Crippen molar-refractivity contribution in [2.75, 3.05) is 7.05 Å². The van der Waals surface area contributed by atoms with E-state index in [1.165, 1.54) is 43.4 Å². The first-order valence-corrected chi connectivity index (χ1v) is 8.49. The second-order valence-electron chi connectivity index (χ2n) is 4.92. The number of rotatable bonds is 5. The molecule has 2 aromatic rings. The lowest BCUT2D eigenvalue weighted by atomic mass is 10.1. The van der Waals surface area contributed by atoms with Gasteiger partial charge in [-0.2, -0.15) is 5.10 Å². The van der Waals surface area contributed by atoms with E-state index in [0.29, 0.717) is 16.8 Å². The molecule has 0 fully saturated rings. The monoisotopic (exact) mass is 347 g/mol. The van der Waals surface area contributed by atoms with Crippen molar-refractivity contribution in [2.45, 2.75) is 11.8 Å². The molecule has 0 aromatic heterocycles. The molecule has 0 saturated carbocycles. The van der Waals surface area contributed by atoms with Crippen molar-refractivity contribution in [1.29, 1.82) is 0 Å². The van der Waals surface area contributed by atoms with Crippen LogP contribution in [0.4, 0.5) is 0 Å². The van der Waals surface area contributed by atoms with Crippen molar-refractivity contribution in [3.8, 4) is 5.75 Å². The summed E-state index contributed by atoms with van der Waals surface area (Å²) in [5, 5.41) is 13.2. The third-order valence-electron chi connectivity index (χ3n) is 3.31. The zero-order chi connectivity index (χ0) is 17.7. The van der Waals surface area contributed by atoms with Crippen LogP contribution in [0.3, 0.4) is 0 Å². The molecule has 0 saturated heterocycles. The summed E-state index contributed by atoms with van der Waals surface area (Å²) < 4.78 is 25.6. The molecule has 0 aliphatic rings. The van der Waals surface area contributed by atoms with Gasteiger partial charge in [-0.1, -0.05) is 12.1 Å². The topological polar surface area (TPSA) is 108 Å². The first-order chi connectivity index (χ1) is 11.3. The molecule has 8 heteroatoms. The minimum atomic E-state index is -3.49. The van der Waals surface area contributed by atoms with Crippen LogP contribution in [-0.4, -0.2) is 32.2 Å². The van der Waals surface area contributed by atoms with Crippen LogP contribution in [-0.2, 0) is 10.0 Å². The maximum atomic E-state index is 11.9. The molecular weight excluding hydrogens is 330 g/mol. The molecule has 0 aliphatic heterocycles. The van der Waals surface area contributed by atoms with Crippen LogP contribution in [0.25, 0.3) is 0 Å². The number of sulfonamides is 1. The van der Waals surface area contributed by atoms with E-state index < -0.39 is 15.9 Å². The molecule has 1 amide bonds. The summed E-state index contributed by atoms with van der Waals surface area (Å²) in [4.78, 5) is 12.1. The van der Waals surface area contributed by atoms with Gasteiger partial charge in [0.25, 0.3) is 5.91 Å². The fraction of sp³-hybridized carbons (Fsp3) is 0.125. The molecule has 24 heavy (non-hydrogen) atoms. The number of hydrazone groups is 1. The lowest BCUT2D eigenvalue weighted by Crippen LogP contribution is -2.19. The molecule has 0 aliphatic carbocycles. The maximum Gasteiger partial charge on any atom is 0.271 e. The van der Waals surface area contributed by atoms with E-state index in [4.69, 9.17) is 0 Å². The predicted molar refractivity (Wildman–Crippen MR) is 90.5 cm³/mol. The van der Waals surface area contributed by atoms with E-state index in [1.807, 2.05) is 0 Å². The average molecular weight is 347 g/mol. The summed E-state index contributed by atoms with van der Waals surface area (Å²) >= 11 is 0. The molecular formula is C16H17N3O4S. The van der Waals surface area contributed by atoms with Gasteiger partial charge in [-0.25, -0.2) is 18.6 Å². The van der Waals surface area contributed by atoms with E-state index in [0.717, 1.165) is 0 Å². The number of carbonyl (C=O) groups is 1. The number of aromatic hydroxyl groups is 1. The summed E-state index contributed by atoms with van der Waals surface area (Å²) in [5.74, 6) is -0.341. The molecule has 0 atom stereocenters. The number of carbonyl (C=O) groups excluding carboxylic acids is 1. The van der Waals surface area contributed by atoms with Crippen LogP contribution in [0.1, 0.15) is 22.8 Å². The van der Waals surface area contributed by atoms with Gasteiger partial charge in [0.1, 0.15) is 5.75 Å². The average Bonchev–Trinajstić information content (AvgIpc) is 2.60. The Morgan fingerprint density at radius 2 is 1.54 bits per heavy atom. The van der Waals surface area contributed by atoms with E-state index >= 15 is 0 Å². The molecule has 2 aromatic carbocycles. The molecule has 2 rings (SSSR count). The van der Waals surface area contributed by atoms with Crippen LogP contribution >= 0.6 is 0 Å². The molecule has 0 spiro atoms. The fourth-order valence-corrected chi connectivity index (χ4v) is 2.60. The second-order valence-corrected chi connectivity index (χ2v) is 6.80. The number of hydrogen-bond donors (Lipinski definition) is 3. The van der Waals surface area contributed by atoms with Crippen LogP contribution in [0.2, 0.25) is 0 Å². The largest absolute Gasteiger partial charge is 0.508 e. The highest BCUT2D eigenvalue weighted by Crippen LogP contribution is 2.11. The molecule has 0 radical (unpaired) electrons. The number of hydrogen-bond acceptors (Lipinski definition) is 5. The molecule has 126 valence electrons. The Balaban J connectivity index is 2.10. The van der Waals surface area contributed by atoms with Crippen LogP contribution in [0.5, 0.6) is 5.75 Å². The first kappa shape index (κ1) is 17.6. The van der Waals surface area contributed by atoms with Gasteiger partial charge >= 0.3 is 0 Å². The minimum Gasteiger partial charge on any atom is -0.508 e. The smallest absolute Gasteiger partial charge is 0.271 e. The fourth-order valence-electron chi connectivity index (χ4n) is 1.87. The number of nitrogens with one attached hydrogen (secondary N) is 2. The normalized spacial score (nSPS) is 12.0. The van der Waals surface area contributed by atoms with Crippen molar-refractivity contribution in [3.05, 3.63) is 59.7 Å². The SMILES string of the molecule is CNS(=O)(=O)c1ccc(/C(C)=N\NC(=O)c2ccc(O)cc2)cc1. The highest BCUT2D eigenvalue weighted by molar-refractivity contribution is 7.89. The van der Waals surface area contributed by atoms with E-state index in [2.05, 4.69) is 15.2 Å². The molecule has 0 heterocycles. The van der Waals surface area contributed by atoms with Gasteiger partial charge in [0.15, 0.2) is 0 Å². The van der Waals surface area contributed by atoms with Crippen LogP contribution in [0.15, 0.2) is 58.5 Å². The van der Waals surface area contributed by atoms with Crippen LogP contribution < -0.4 is 10.1 Å². The number of phenols is 1. The van der Waals surface area contributed by atoms with Gasteiger partial charge in [-0.05, 0) is 55.9 Å². The summed E-state index contributed by atoms with van der Waals surface area (Å²) in [6, 6.07) is 11.9. The van der Waals surface area contributed by atoms with E-state index in [9.17, 15) is 18.3 Å². The van der Waals surface area contributed by atoms with Gasteiger partial charge in [-0.3, -0.25) is 4.79 Å². The molecule has 3 N–H and O–H groups in total. The number of benzene rings is 2. The van der Waals surface area contributed by atoms with Gasteiger partial charge in [0, 0.05) is 5.56 Å². The summed E-state index contributed by atoms with van der Waals surface area (Å²) in [6.45, 7) is 1.69. The molecule has 0 bridgehead atoms. The lowest BCUT2D eigenvalue weighted by Gasteiger charge is -2.05. The Morgan fingerprint density at radius 1 is 1.00 bits per heavy atom. The quantitative estimate of drug-likeness (QED) is 0.562. The third-order valence-corrected chi connectivity index (χ3v) is 4.74. The highest BCUT2D eigenvalue weighted by atomic mass is 32.2. The maximum absolute atomic E-state index is 11.9. The van der Waals surface area contributed by atoms with E-state index in [-0.39, 0.29) is 10.6 Å².